The van der Waals surface area contributed by atoms with E-state index in [0.29, 0.717) is 6.42 Å². The van der Waals surface area contributed by atoms with Crippen molar-refractivity contribution in [3.05, 3.63) is 23.8 Å². The van der Waals surface area contributed by atoms with E-state index in [2.05, 4.69) is 21.2 Å². The van der Waals surface area contributed by atoms with Crippen LogP contribution in [0.2, 0.25) is 0 Å². The van der Waals surface area contributed by atoms with E-state index >= 15 is 0 Å². The van der Waals surface area contributed by atoms with Gasteiger partial charge in [-0.25, -0.2) is 0 Å². The zero-order valence-corrected chi connectivity index (χ0v) is 12.0. The summed E-state index contributed by atoms with van der Waals surface area (Å²) in [6.07, 6.45) is 4.84. The Labute approximate surface area is 116 Å². The smallest absolute Gasteiger partial charge is 0.224 e. The number of benzene rings is 1. The first-order chi connectivity index (χ1) is 8.79. The number of fused-ring (bicyclic) bond motifs is 1. The number of anilines is 1. The summed E-state index contributed by atoms with van der Waals surface area (Å²) < 4.78 is 5.72. The Balaban J connectivity index is 1.85. The lowest BCUT2D eigenvalue weighted by molar-refractivity contribution is -0.116. The second kappa shape index (κ2) is 6.78. The van der Waals surface area contributed by atoms with Crippen LogP contribution in [0.1, 0.15) is 31.2 Å². The van der Waals surface area contributed by atoms with Crippen molar-refractivity contribution >= 4 is 27.5 Å². The van der Waals surface area contributed by atoms with Crippen LogP contribution in [0.5, 0.6) is 5.75 Å². The lowest BCUT2D eigenvalue weighted by Gasteiger charge is -2.17. The predicted molar refractivity (Wildman–Crippen MR) is 76.5 cm³/mol. The lowest BCUT2D eigenvalue weighted by Crippen LogP contribution is -2.18. The van der Waals surface area contributed by atoms with Crippen molar-refractivity contribution in [3.63, 3.8) is 0 Å². The van der Waals surface area contributed by atoms with Crippen LogP contribution in [0.15, 0.2) is 18.2 Å². The molecule has 0 aromatic heterocycles. The van der Waals surface area contributed by atoms with Gasteiger partial charge >= 0.3 is 0 Å². The van der Waals surface area contributed by atoms with E-state index in [1.54, 1.807) is 0 Å². The highest BCUT2D eigenvalue weighted by atomic mass is 79.9. The van der Waals surface area contributed by atoms with Gasteiger partial charge in [0.1, 0.15) is 5.75 Å². The number of halogens is 1. The normalized spacial score (nSPS) is 13.9. The minimum absolute atomic E-state index is 0.103. The summed E-state index contributed by atoms with van der Waals surface area (Å²) in [6, 6.07) is 5.90. The molecule has 0 atom stereocenters. The zero-order chi connectivity index (χ0) is 12.8. The fraction of sp³-hybridized carbons (Fsp3) is 0.500. The van der Waals surface area contributed by atoms with E-state index in [-0.39, 0.29) is 5.91 Å². The maximum absolute atomic E-state index is 11.2. The number of carbonyl (C=O) groups excluding carboxylic acids is 1. The Morgan fingerprint density at radius 3 is 2.94 bits per heavy atom. The van der Waals surface area contributed by atoms with Crippen molar-refractivity contribution in [2.75, 3.05) is 17.3 Å². The largest absolute Gasteiger partial charge is 0.494 e. The molecule has 0 aliphatic carbocycles. The molecular formula is C14H18BrNO2. The van der Waals surface area contributed by atoms with Gasteiger partial charge in [0.2, 0.25) is 5.91 Å². The SMILES string of the molecule is O=C1CCc2cc(OCCCCCBr)ccc2N1. The first-order valence-electron chi connectivity index (χ1n) is 6.41. The average molecular weight is 312 g/mol. The molecule has 1 aliphatic rings. The molecule has 0 fully saturated rings. The first kappa shape index (κ1) is 13.4. The summed E-state index contributed by atoms with van der Waals surface area (Å²) in [7, 11) is 0. The van der Waals surface area contributed by atoms with Gasteiger partial charge in [-0.3, -0.25) is 4.79 Å². The molecule has 0 radical (unpaired) electrons. The molecule has 1 aromatic rings. The molecule has 0 saturated heterocycles. The van der Waals surface area contributed by atoms with Crippen molar-refractivity contribution in [2.45, 2.75) is 32.1 Å². The van der Waals surface area contributed by atoms with E-state index in [1.165, 1.54) is 18.4 Å². The second-order valence-electron chi connectivity index (χ2n) is 4.47. The fourth-order valence-corrected chi connectivity index (χ4v) is 2.41. The molecule has 2 rings (SSSR count). The molecule has 1 heterocycles. The van der Waals surface area contributed by atoms with Crippen LogP contribution < -0.4 is 10.1 Å². The molecule has 0 spiro atoms. The summed E-state index contributed by atoms with van der Waals surface area (Å²) in [5, 5.41) is 3.93. The highest BCUT2D eigenvalue weighted by Crippen LogP contribution is 2.26. The van der Waals surface area contributed by atoms with Crippen molar-refractivity contribution in [3.8, 4) is 5.75 Å². The Hall–Kier alpha value is -1.03. The molecule has 18 heavy (non-hydrogen) atoms. The number of carbonyl (C=O) groups is 1. The number of hydrogen-bond acceptors (Lipinski definition) is 2. The van der Waals surface area contributed by atoms with E-state index in [4.69, 9.17) is 4.74 Å². The van der Waals surface area contributed by atoms with Crippen molar-refractivity contribution in [1.29, 1.82) is 0 Å². The monoisotopic (exact) mass is 311 g/mol. The van der Waals surface area contributed by atoms with E-state index < -0.39 is 0 Å². The molecule has 98 valence electrons. The number of hydrogen-bond donors (Lipinski definition) is 1. The molecule has 0 bridgehead atoms. The Bertz CT molecular complexity index is 420. The van der Waals surface area contributed by atoms with Crippen LogP contribution in [0, 0.1) is 0 Å². The minimum Gasteiger partial charge on any atom is -0.494 e. The summed E-state index contributed by atoms with van der Waals surface area (Å²) in [5.74, 6) is 1.01. The maximum Gasteiger partial charge on any atom is 0.224 e. The second-order valence-corrected chi connectivity index (χ2v) is 5.26. The Morgan fingerprint density at radius 1 is 1.22 bits per heavy atom. The van der Waals surface area contributed by atoms with Gasteiger partial charge in [0, 0.05) is 17.4 Å². The zero-order valence-electron chi connectivity index (χ0n) is 10.4. The highest BCUT2D eigenvalue weighted by molar-refractivity contribution is 9.09. The van der Waals surface area contributed by atoms with Gasteiger partial charge in [-0.2, -0.15) is 0 Å². The van der Waals surface area contributed by atoms with Gasteiger partial charge in [0.05, 0.1) is 6.61 Å². The van der Waals surface area contributed by atoms with Crippen LogP contribution in [0.25, 0.3) is 0 Å². The molecule has 1 amide bonds. The minimum atomic E-state index is 0.103. The third kappa shape index (κ3) is 3.73. The van der Waals surface area contributed by atoms with Gasteiger partial charge in [-0.1, -0.05) is 15.9 Å². The standard InChI is InChI=1S/C14H18BrNO2/c15-8-2-1-3-9-18-12-5-6-13-11(10-12)4-7-14(17)16-13/h5-6,10H,1-4,7-9H2,(H,16,17). The third-order valence-electron chi connectivity index (χ3n) is 3.02. The lowest BCUT2D eigenvalue weighted by atomic mass is 10.0. The number of alkyl halides is 1. The van der Waals surface area contributed by atoms with Crippen molar-refractivity contribution < 1.29 is 9.53 Å². The van der Waals surface area contributed by atoms with E-state index in [0.717, 1.165) is 36.2 Å². The van der Waals surface area contributed by atoms with Crippen molar-refractivity contribution in [1.82, 2.24) is 0 Å². The number of aryl methyl sites for hydroxylation is 1. The number of ether oxygens (including phenoxy) is 1. The Morgan fingerprint density at radius 2 is 2.11 bits per heavy atom. The molecular weight excluding hydrogens is 294 g/mol. The molecule has 4 heteroatoms. The highest BCUT2D eigenvalue weighted by Gasteiger charge is 2.14. The van der Waals surface area contributed by atoms with Gasteiger partial charge in [-0.05, 0) is 49.4 Å². The fourth-order valence-electron chi connectivity index (χ4n) is 2.01. The summed E-state index contributed by atoms with van der Waals surface area (Å²) in [6.45, 7) is 0.762. The molecule has 0 unspecified atom stereocenters. The maximum atomic E-state index is 11.2. The van der Waals surface area contributed by atoms with E-state index in [1.807, 2.05) is 18.2 Å². The van der Waals surface area contributed by atoms with E-state index in [9.17, 15) is 4.79 Å². The van der Waals surface area contributed by atoms with Crippen LogP contribution >= 0.6 is 15.9 Å². The van der Waals surface area contributed by atoms with Crippen LogP contribution in [-0.4, -0.2) is 17.8 Å². The number of nitrogens with one attached hydrogen (secondary N) is 1. The number of rotatable bonds is 6. The van der Waals surface area contributed by atoms with Crippen LogP contribution in [0.3, 0.4) is 0 Å². The quantitative estimate of drug-likeness (QED) is 0.645. The number of amides is 1. The van der Waals surface area contributed by atoms with Crippen molar-refractivity contribution in [2.24, 2.45) is 0 Å². The van der Waals surface area contributed by atoms with Gasteiger partial charge in [0.15, 0.2) is 0 Å². The predicted octanol–water partition coefficient (Wildman–Crippen LogP) is 3.52. The molecule has 1 aliphatic heterocycles. The average Bonchev–Trinajstić information content (AvgIpc) is 2.38. The Kier molecular flexibility index (Phi) is 5.05. The van der Waals surface area contributed by atoms with Gasteiger partial charge in [-0.15, -0.1) is 0 Å². The summed E-state index contributed by atoms with van der Waals surface area (Å²) in [5.41, 5.74) is 2.10. The molecule has 1 N–H and O–H groups in total. The summed E-state index contributed by atoms with van der Waals surface area (Å²) >= 11 is 3.42. The third-order valence-corrected chi connectivity index (χ3v) is 3.58. The molecule has 3 nitrogen and oxygen atoms in total. The van der Waals surface area contributed by atoms with Gasteiger partial charge in [0.25, 0.3) is 0 Å². The summed E-state index contributed by atoms with van der Waals surface area (Å²) in [4.78, 5) is 11.2. The molecule has 1 aromatic carbocycles. The molecule has 0 saturated carbocycles. The van der Waals surface area contributed by atoms with Crippen LogP contribution in [0.4, 0.5) is 5.69 Å². The van der Waals surface area contributed by atoms with Gasteiger partial charge < -0.3 is 10.1 Å². The topological polar surface area (TPSA) is 38.3 Å². The first-order valence-corrected chi connectivity index (χ1v) is 7.53. The number of unbranched alkanes of at least 4 members (excludes halogenated alkanes) is 2. The van der Waals surface area contributed by atoms with Crippen LogP contribution in [-0.2, 0) is 11.2 Å².